The summed E-state index contributed by atoms with van der Waals surface area (Å²) in [6.45, 7) is 11.1. The molecule has 0 aliphatic carbocycles. The first-order valence-corrected chi connectivity index (χ1v) is 10.6. The number of nitrogens with two attached hydrogens (primary N) is 1. The third kappa shape index (κ3) is 5.43. The predicted octanol–water partition coefficient (Wildman–Crippen LogP) is 3.32. The molecule has 1 amide bonds. The summed E-state index contributed by atoms with van der Waals surface area (Å²) in [6.07, 6.45) is 1.20. The van der Waals surface area contributed by atoms with Crippen LogP contribution in [-0.4, -0.2) is 58.9 Å². The molecule has 1 aliphatic rings. The maximum Gasteiger partial charge on any atom is 0.273 e. The van der Waals surface area contributed by atoms with Gasteiger partial charge in [0.1, 0.15) is 5.75 Å². The fourth-order valence-corrected chi connectivity index (χ4v) is 3.61. The molecule has 178 valence electrons. The van der Waals surface area contributed by atoms with Crippen LogP contribution in [0, 0.1) is 16.7 Å². The zero-order valence-electron chi connectivity index (χ0n) is 18.8. The van der Waals surface area contributed by atoms with Gasteiger partial charge in [-0.25, -0.2) is 9.83 Å². The van der Waals surface area contributed by atoms with E-state index in [0.717, 1.165) is 31.9 Å². The van der Waals surface area contributed by atoms with E-state index >= 15 is 0 Å². The number of carbonyl (C=O) groups is 1. The molecule has 3 N–H and O–H groups in total. The van der Waals surface area contributed by atoms with Crippen molar-refractivity contribution in [2.75, 3.05) is 43.4 Å². The smallest absolute Gasteiger partial charge is 0.273 e. The van der Waals surface area contributed by atoms with Crippen molar-refractivity contribution in [2.45, 2.75) is 0 Å². The minimum atomic E-state index is -0.804. The van der Waals surface area contributed by atoms with Crippen molar-refractivity contribution in [2.24, 2.45) is 5.73 Å². The van der Waals surface area contributed by atoms with E-state index in [9.17, 15) is 14.9 Å². The Labute approximate surface area is 200 Å². The number of likely N-dealkylation sites (N-methyl/N-ethyl adjacent to an activating group) is 1. The van der Waals surface area contributed by atoms with Crippen molar-refractivity contribution in [3.63, 3.8) is 0 Å². The normalized spacial score (nSPS) is 13.7. The van der Waals surface area contributed by atoms with Gasteiger partial charge in [0, 0.05) is 43.6 Å². The zero-order chi connectivity index (χ0) is 24.9. The second-order valence-corrected chi connectivity index (χ2v) is 7.86. The summed E-state index contributed by atoms with van der Waals surface area (Å²) in [4.78, 5) is 38.8. The molecule has 1 aromatic heterocycles. The minimum Gasteiger partial charge on any atom is -0.437 e. The van der Waals surface area contributed by atoms with Crippen LogP contribution in [0.2, 0.25) is 0 Å². The SMILES string of the molecule is [C-]#[N+]c1cc(Nc2nc(Oc3cccc([N+](=O)[O-])c3)cnc2C(N)=O)ccc1N1CCN(C)CC1. The van der Waals surface area contributed by atoms with Crippen LogP contribution < -0.4 is 20.7 Å². The van der Waals surface area contributed by atoms with Crippen LogP contribution in [0.4, 0.5) is 28.6 Å². The molecule has 35 heavy (non-hydrogen) atoms. The van der Waals surface area contributed by atoms with Gasteiger partial charge in [-0.05, 0) is 31.3 Å². The predicted molar refractivity (Wildman–Crippen MR) is 129 cm³/mol. The quantitative estimate of drug-likeness (QED) is 0.299. The molecule has 2 aromatic carbocycles. The van der Waals surface area contributed by atoms with Crippen molar-refractivity contribution in [1.29, 1.82) is 0 Å². The number of piperazine rings is 1. The third-order valence-corrected chi connectivity index (χ3v) is 5.44. The Hall–Kier alpha value is -4.76. The highest BCUT2D eigenvalue weighted by Crippen LogP contribution is 2.34. The van der Waals surface area contributed by atoms with E-state index in [4.69, 9.17) is 17.0 Å². The second kappa shape index (κ2) is 10.0. The van der Waals surface area contributed by atoms with Crippen molar-refractivity contribution >= 4 is 34.5 Å². The number of non-ortho nitro benzene ring substituents is 1. The number of benzene rings is 2. The molecule has 0 radical (unpaired) electrons. The highest BCUT2D eigenvalue weighted by Gasteiger charge is 2.19. The summed E-state index contributed by atoms with van der Waals surface area (Å²) in [6, 6.07) is 10.9. The van der Waals surface area contributed by atoms with Gasteiger partial charge >= 0.3 is 0 Å². The van der Waals surface area contributed by atoms with Gasteiger partial charge in [-0.15, -0.1) is 0 Å². The zero-order valence-corrected chi connectivity index (χ0v) is 18.8. The van der Waals surface area contributed by atoms with Crippen molar-refractivity contribution in [1.82, 2.24) is 14.9 Å². The topological polar surface area (TPSA) is 144 Å². The Morgan fingerprint density at radius 1 is 1.23 bits per heavy atom. The highest BCUT2D eigenvalue weighted by molar-refractivity contribution is 5.96. The van der Waals surface area contributed by atoms with Gasteiger partial charge in [-0.3, -0.25) is 14.9 Å². The number of nitrogens with zero attached hydrogens (tertiary/aromatic N) is 6. The Morgan fingerprint density at radius 2 is 2.00 bits per heavy atom. The number of anilines is 3. The summed E-state index contributed by atoms with van der Waals surface area (Å²) in [5.74, 6) is -0.597. The van der Waals surface area contributed by atoms with Crippen molar-refractivity contribution in [3.05, 3.63) is 75.9 Å². The van der Waals surface area contributed by atoms with E-state index in [1.165, 1.54) is 30.5 Å². The third-order valence-electron chi connectivity index (χ3n) is 5.44. The number of carbonyl (C=O) groups excluding carboxylic acids is 1. The molecule has 4 rings (SSSR count). The lowest BCUT2D eigenvalue weighted by Gasteiger charge is -2.34. The monoisotopic (exact) mass is 474 g/mol. The fourth-order valence-electron chi connectivity index (χ4n) is 3.61. The lowest BCUT2D eigenvalue weighted by Crippen LogP contribution is -2.44. The van der Waals surface area contributed by atoms with Gasteiger partial charge in [-0.2, -0.15) is 4.98 Å². The Kier molecular flexibility index (Phi) is 6.70. The number of hydrogen-bond acceptors (Lipinski definition) is 9. The van der Waals surface area contributed by atoms with Gasteiger partial charge in [0.05, 0.1) is 23.8 Å². The van der Waals surface area contributed by atoms with Crippen LogP contribution in [0.25, 0.3) is 4.85 Å². The number of aromatic nitrogens is 2. The van der Waals surface area contributed by atoms with Crippen molar-refractivity contribution < 1.29 is 14.5 Å². The van der Waals surface area contributed by atoms with Gasteiger partial charge in [0.15, 0.2) is 11.5 Å². The molecule has 0 unspecified atom stereocenters. The van der Waals surface area contributed by atoms with Crippen LogP contribution in [0.3, 0.4) is 0 Å². The molecular formula is C23H22N8O4. The average Bonchev–Trinajstić information content (AvgIpc) is 2.84. The van der Waals surface area contributed by atoms with Gasteiger partial charge < -0.3 is 25.6 Å². The highest BCUT2D eigenvalue weighted by atomic mass is 16.6. The summed E-state index contributed by atoms with van der Waals surface area (Å²) in [5, 5.41) is 14.0. The molecule has 12 heteroatoms. The number of rotatable bonds is 7. The van der Waals surface area contributed by atoms with Gasteiger partial charge in [-0.1, -0.05) is 6.07 Å². The minimum absolute atomic E-state index is 0.00235. The molecule has 0 saturated carbocycles. The Morgan fingerprint density at radius 3 is 2.69 bits per heavy atom. The molecular weight excluding hydrogens is 452 g/mol. The first kappa shape index (κ1) is 23.4. The van der Waals surface area contributed by atoms with Gasteiger partial charge in [0.25, 0.3) is 11.6 Å². The molecule has 0 spiro atoms. The van der Waals surface area contributed by atoms with E-state index in [2.05, 4.69) is 37.0 Å². The van der Waals surface area contributed by atoms with Crippen LogP contribution in [0.15, 0.2) is 48.7 Å². The summed E-state index contributed by atoms with van der Waals surface area (Å²) < 4.78 is 5.60. The molecule has 1 aliphatic heterocycles. The van der Waals surface area contributed by atoms with E-state index in [1.54, 1.807) is 12.1 Å². The number of hydrogen-bond donors (Lipinski definition) is 2. The molecule has 12 nitrogen and oxygen atoms in total. The number of nitrogens with one attached hydrogen (secondary N) is 1. The number of amides is 1. The summed E-state index contributed by atoms with van der Waals surface area (Å²) in [5.41, 5.74) is 6.99. The van der Waals surface area contributed by atoms with E-state index in [-0.39, 0.29) is 28.8 Å². The number of nitro groups is 1. The van der Waals surface area contributed by atoms with Crippen LogP contribution >= 0.6 is 0 Å². The summed E-state index contributed by atoms with van der Waals surface area (Å²) >= 11 is 0. The largest absolute Gasteiger partial charge is 0.437 e. The maximum atomic E-state index is 11.9. The molecule has 3 aromatic rings. The molecule has 1 fully saturated rings. The van der Waals surface area contributed by atoms with Gasteiger partial charge in [0.2, 0.25) is 11.6 Å². The Bertz CT molecular complexity index is 1320. The Balaban J connectivity index is 1.60. The van der Waals surface area contributed by atoms with Crippen molar-refractivity contribution in [3.8, 4) is 11.6 Å². The van der Waals surface area contributed by atoms with E-state index in [0.29, 0.717) is 11.4 Å². The van der Waals surface area contributed by atoms with Crippen LogP contribution in [0.5, 0.6) is 11.6 Å². The van der Waals surface area contributed by atoms with Crippen LogP contribution in [-0.2, 0) is 0 Å². The number of ether oxygens (including phenoxy) is 1. The van der Waals surface area contributed by atoms with Crippen LogP contribution in [0.1, 0.15) is 10.5 Å². The molecule has 1 saturated heterocycles. The lowest BCUT2D eigenvalue weighted by molar-refractivity contribution is -0.384. The molecule has 0 bridgehead atoms. The molecule has 0 atom stereocenters. The maximum absolute atomic E-state index is 11.9. The number of primary amides is 1. The first-order valence-electron chi connectivity index (χ1n) is 10.6. The first-order chi connectivity index (χ1) is 16.8. The standard InChI is InChI=1S/C23H22N8O4/c1-25-18-12-15(6-7-19(18)30-10-8-29(2)9-11-30)27-23-21(22(24)32)26-14-20(28-23)35-17-5-3-4-16(13-17)31(33)34/h3-7,12-14H,8-11H2,2H3,(H2,24,32)(H,27,28). The average molecular weight is 474 g/mol. The molecule has 2 heterocycles. The lowest BCUT2D eigenvalue weighted by atomic mass is 10.2. The van der Waals surface area contributed by atoms with E-state index in [1.807, 2.05) is 6.07 Å². The van der Waals surface area contributed by atoms with E-state index < -0.39 is 10.8 Å². The fraction of sp³-hybridized carbons (Fsp3) is 0.217. The summed E-state index contributed by atoms with van der Waals surface area (Å²) in [7, 11) is 2.06. The second-order valence-electron chi connectivity index (χ2n) is 7.86. The number of nitro benzene ring substituents is 1.